The third kappa shape index (κ3) is 3.98. The summed E-state index contributed by atoms with van der Waals surface area (Å²) in [5.41, 5.74) is 2.16. The molecule has 1 N–H and O–H groups in total. The van der Waals surface area contributed by atoms with Gasteiger partial charge in [-0.25, -0.2) is 14.5 Å². The van der Waals surface area contributed by atoms with E-state index in [0.29, 0.717) is 5.69 Å². The fraction of sp³-hybridized carbons (Fsp3) is 0.211. The largest absolute Gasteiger partial charge is 0.545 e. The summed E-state index contributed by atoms with van der Waals surface area (Å²) < 4.78 is 6.60. The van der Waals surface area contributed by atoms with Gasteiger partial charge in [0.15, 0.2) is 5.82 Å². The zero-order chi connectivity index (χ0) is 20.3. The molecule has 0 unspecified atom stereocenters. The van der Waals surface area contributed by atoms with Gasteiger partial charge in [0.2, 0.25) is 0 Å². The molecule has 0 aliphatic carbocycles. The number of ether oxygens (including phenoxy) is 1. The highest BCUT2D eigenvalue weighted by atomic mass is 16.5. The molecule has 0 aliphatic rings. The number of nitrogens with zero attached hydrogens (tertiary/aromatic N) is 4. The average molecular weight is 380 g/mol. The molecular weight excluding hydrogens is 362 g/mol. The Bertz CT molecular complexity index is 1040. The summed E-state index contributed by atoms with van der Waals surface area (Å²) in [4.78, 5) is 32.0. The molecule has 0 spiro atoms. The van der Waals surface area contributed by atoms with E-state index in [1.165, 1.54) is 18.3 Å². The molecule has 9 nitrogen and oxygen atoms in total. The van der Waals surface area contributed by atoms with E-state index >= 15 is 0 Å². The zero-order valence-electron chi connectivity index (χ0n) is 15.6. The molecule has 0 fully saturated rings. The lowest BCUT2D eigenvalue weighted by molar-refractivity contribution is -0.255. The minimum atomic E-state index is -1.31. The van der Waals surface area contributed by atoms with Crippen LogP contribution in [0.2, 0.25) is 0 Å². The number of nitrogens with one attached hydrogen (secondary N) is 1. The lowest BCUT2D eigenvalue weighted by Crippen LogP contribution is -2.22. The van der Waals surface area contributed by atoms with Gasteiger partial charge in [0.1, 0.15) is 5.56 Å². The molecule has 3 aromatic rings. The maximum atomic E-state index is 12.3. The minimum Gasteiger partial charge on any atom is -0.545 e. The molecule has 0 radical (unpaired) electrons. The van der Waals surface area contributed by atoms with Gasteiger partial charge in [-0.15, -0.1) is 0 Å². The van der Waals surface area contributed by atoms with Gasteiger partial charge in [0.05, 0.1) is 18.3 Å². The fourth-order valence-corrected chi connectivity index (χ4v) is 2.62. The number of hydrogen-bond acceptors (Lipinski definition) is 8. The smallest absolute Gasteiger partial charge is 0.343 e. The molecule has 0 saturated heterocycles. The van der Waals surface area contributed by atoms with E-state index in [4.69, 9.17) is 4.74 Å². The monoisotopic (exact) mass is 380 g/mol. The van der Waals surface area contributed by atoms with E-state index < -0.39 is 11.9 Å². The number of hydrogen-bond donors (Lipinski definition) is 1. The van der Waals surface area contributed by atoms with Crippen molar-refractivity contribution in [3.8, 4) is 5.95 Å². The number of aromatic nitrogens is 4. The Hall–Kier alpha value is -3.75. The summed E-state index contributed by atoms with van der Waals surface area (Å²) in [6, 6.07) is 7.87. The van der Waals surface area contributed by atoms with Gasteiger partial charge in [-0.3, -0.25) is 0 Å². The van der Waals surface area contributed by atoms with Crippen LogP contribution in [0.5, 0.6) is 0 Å². The van der Waals surface area contributed by atoms with Crippen LogP contribution in [0.1, 0.15) is 39.0 Å². The Kier molecular flexibility index (Phi) is 5.35. The SMILES string of the molecule is CCOC(=O)c1cnc(-n2nc(C)cc2C)nc1Nc1cccc(C(=O)[O-])c1. The number of rotatable bonds is 6. The first-order chi connectivity index (χ1) is 13.4. The second-order valence-electron chi connectivity index (χ2n) is 5.98. The van der Waals surface area contributed by atoms with Crippen LogP contribution in [0.25, 0.3) is 5.95 Å². The average Bonchev–Trinajstić information content (AvgIpc) is 3.00. The van der Waals surface area contributed by atoms with Gasteiger partial charge in [0, 0.05) is 17.6 Å². The van der Waals surface area contributed by atoms with Crippen molar-refractivity contribution in [3.05, 3.63) is 59.0 Å². The lowest BCUT2D eigenvalue weighted by atomic mass is 10.2. The lowest BCUT2D eigenvalue weighted by Gasteiger charge is -2.13. The van der Waals surface area contributed by atoms with Gasteiger partial charge in [0.25, 0.3) is 5.95 Å². The first kappa shape index (κ1) is 19.0. The van der Waals surface area contributed by atoms with Crippen molar-refractivity contribution >= 4 is 23.4 Å². The Morgan fingerprint density at radius 2 is 2.04 bits per heavy atom. The predicted molar refractivity (Wildman–Crippen MR) is 98.6 cm³/mol. The standard InChI is InChI=1S/C19H19N5O4/c1-4-28-18(27)15-10-20-19(24-12(3)8-11(2)23-24)22-16(15)21-14-7-5-6-13(9-14)17(25)26/h5-10H,4H2,1-3H3,(H,25,26)(H,20,21,22)/p-1. The number of aryl methyl sites for hydroxylation is 2. The van der Waals surface area contributed by atoms with Crippen molar-refractivity contribution in [3.63, 3.8) is 0 Å². The maximum absolute atomic E-state index is 12.3. The quantitative estimate of drug-likeness (QED) is 0.639. The first-order valence-corrected chi connectivity index (χ1v) is 8.55. The van der Waals surface area contributed by atoms with Crippen molar-refractivity contribution in [2.75, 3.05) is 11.9 Å². The molecule has 2 heterocycles. The van der Waals surface area contributed by atoms with Gasteiger partial charge in [-0.05, 0) is 44.5 Å². The molecule has 0 bridgehead atoms. The molecular formula is C19H18N5O4-. The number of aromatic carboxylic acids is 1. The van der Waals surface area contributed by atoms with Gasteiger partial charge >= 0.3 is 5.97 Å². The van der Waals surface area contributed by atoms with Crippen molar-refractivity contribution < 1.29 is 19.4 Å². The van der Waals surface area contributed by atoms with Crippen molar-refractivity contribution in [2.24, 2.45) is 0 Å². The number of esters is 1. The minimum absolute atomic E-state index is 0.00416. The Labute approximate surface area is 161 Å². The summed E-state index contributed by atoms with van der Waals surface area (Å²) in [7, 11) is 0. The van der Waals surface area contributed by atoms with E-state index in [2.05, 4.69) is 20.4 Å². The molecule has 0 aliphatic heterocycles. The van der Waals surface area contributed by atoms with Gasteiger partial charge in [-0.2, -0.15) is 10.1 Å². The molecule has 0 amide bonds. The van der Waals surface area contributed by atoms with Crippen LogP contribution in [-0.2, 0) is 4.74 Å². The number of carboxylic acids is 1. The second-order valence-corrected chi connectivity index (χ2v) is 5.98. The van der Waals surface area contributed by atoms with Crippen LogP contribution in [0.3, 0.4) is 0 Å². The Morgan fingerprint density at radius 1 is 1.25 bits per heavy atom. The highest BCUT2D eigenvalue weighted by Gasteiger charge is 2.18. The van der Waals surface area contributed by atoms with Crippen molar-refractivity contribution in [1.29, 1.82) is 0 Å². The van der Waals surface area contributed by atoms with E-state index in [0.717, 1.165) is 11.4 Å². The van der Waals surface area contributed by atoms with E-state index in [-0.39, 0.29) is 29.5 Å². The topological polar surface area (TPSA) is 122 Å². The summed E-state index contributed by atoms with van der Waals surface area (Å²) in [5.74, 6) is -1.47. The van der Waals surface area contributed by atoms with Crippen LogP contribution in [-0.4, -0.2) is 38.3 Å². The van der Waals surface area contributed by atoms with Crippen molar-refractivity contribution in [2.45, 2.75) is 20.8 Å². The molecule has 9 heteroatoms. The highest BCUT2D eigenvalue weighted by molar-refractivity contribution is 5.95. The fourth-order valence-electron chi connectivity index (χ4n) is 2.62. The molecule has 1 aromatic carbocycles. The Morgan fingerprint density at radius 3 is 2.68 bits per heavy atom. The van der Waals surface area contributed by atoms with E-state index in [1.54, 1.807) is 23.7 Å². The van der Waals surface area contributed by atoms with Crippen LogP contribution in [0, 0.1) is 13.8 Å². The number of carbonyl (C=O) groups excluding carboxylic acids is 2. The second kappa shape index (κ2) is 7.87. The summed E-state index contributed by atoms with van der Waals surface area (Å²) in [6.45, 7) is 5.59. The molecule has 3 rings (SSSR count). The van der Waals surface area contributed by atoms with E-state index in [1.807, 2.05) is 19.9 Å². The number of carbonyl (C=O) groups is 2. The maximum Gasteiger partial charge on any atom is 0.343 e. The van der Waals surface area contributed by atoms with Crippen LogP contribution < -0.4 is 10.4 Å². The molecule has 0 saturated carbocycles. The Balaban J connectivity index is 2.06. The summed E-state index contributed by atoms with van der Waals surface area (Å²) in [6.07, 6.45) is 1.35. The number of anilines is 2. The number of benzene rings is 1. The molecule has 28 heavy (non-hydrogen) atoms. The highest BCUT2D eigenvalue weighted by Crippen LogP contribution is 2.22. The third-order valence-corrected chi connectivity index (χ3v) is 3.83. The first-order valence-electron chi connectivity index (χ1n) is 8.55. The predicted octanol–water partition coefficient (Wildman–Crippen LogP) is 1.56. The third-order valence-electron chi connectivity index (χ3n) is 3.83. The van der Waals surface area contributed by atoms with Crippen molar-refractivity contribution in [1.82, 2.24) is 19.7 Å². The number of carboxylic acid groups (broad SMARTS) is 1. The van der Waals surface area contributed by atoms with Crippen LogP contribution >= 0.6 is 0 Å². The summed E-state index contributed by atoms with van der Waals surface area (Å²) in [5, 5.41) is 18.4. The van der Waals surface area contributed by atoms with Crippen LogP contribution in [0.4, 0.5) is 11.5 Å². The molecule has 144 valence electrons. The summed E-state index contributed by atoms with van der Waals surface area (Å²) >= 11 is 0. The van der Waals surface area contributed by atoms with Crippen LogP contribution in [0.15, 0.2) is 36.5 Å². The zero-order valence-corrected chi connectivity index (χ0v) is 15.6. The van der Waals surface area contributed by atoms with Gasteiger partial charge in [-0.1, -0.05) is 12.1 Å². The molecule has 2 aromatic heterocycles. The normalized spacial score (nSPS) is 10.5. The van der Waals surface area contributed by atoms with Gasteiger partial charge < -0.3 is 20.0 Å². The molecule has 0 atom stereocenters. The van der Waals surface area contributed by atoms with E-state index in [9.17, 15) is 14.7 Å².